The van der Waals surface area contributed by atoms with Gasteiger partial charge in [-0.15, -0.1) is 0 Å². The van der Waals surface area contributed by atoms with Crippen molar-refractivity contribution >= 4 is 15.9 Å². The van der Waals surface area contributed by atoms with Gasteiger partial charge in [0.2, 0.25) is 10.0 Å². The zero-order valence-corrected chi connectivity index (χ0v) is 16.1. The number of hydrogen-bond acceptors (Lipinski definition) is 4. The van der Waals surface area contributed by atoms with Gasteiger partial charge in [0.25, 0.3) is 5.91 Å². The van der Waals surface area contributed by atoms with E-state index in [2.05, 4.69) is 23.9 Å². The van der Waals surface area contributed by atoms with Gasteiger partial charge in [-0.1, -0.05) is 6.07 Å². The van der Waals surface area contributed by atoms with Crippen LogP contribution in [0.25, 0.3) is 0 Å². The molecule has 0 saturated carbocycles. The normalized spacial score (nSPS) is 11.5. The van der Waals surface area contributed by atoms with Gasteiger partial charge < -0.3 is 15.0 Å². The predicted molar refractivity (Wildman–Crippen MR) is 98.6 cm³/mol. The lowest BCUT2D eigenvalue weighted by Crippen LogP contribution is -3.11. The van der Waals surface area contributed by atoms with Crippen molar-refractivity contribution < 1.29 is 22.8 Å². The second-order valence-corrected chi connectivity index (χ2v) is 7.69. The minimum atomic E-state index is -3.38. The molecule has 0 radical (unpaired) electrons. The lowest BCUT2D eigenvalue weighted by molar-refractivity contribution is -0.896. The van der Waals surface area contributed by atoms with Crippen LogP contribution in [0.3, 0.4) is 0 Å². The second-order valence-electron chi connectivity index (χ2n) is 5.76. The van der Waals surface area contributed by atoms with Crippen LogP contribution in [-0.2, 0) is 10.0 Å². The molecule has 8 heteroatoms. The maximum atomic E-state index is 12.0. The molecule has 0 aromatic heterocycles. The first-order valence-electron chi connectivity index (χ1n) is 8.65. The number of benzene rings is 1. The average Bonchev–Trinajstić information content (AvgIpc) is 2.61. The fraction of sp³-hybridized carbons (Fsp3) is 0.588. The van der Waals surface area contributed by atoms with Crippen LogP contribution >= 0.6 is 0 Å². The Balaban J connectivity index is 2.32. The van der Waals surface area contributed by atoms with Crippen molar-refractivity contribution in [1.82, 2.24) is 10.0 Å². The number of carbonyl (C=O) groups excluding carboxylic acids is 1. The van der Waals surface area contributed by atoms with Gasteiger partial charge in [-0.05, 0) is 32.0 Å². The third-order valence-electron chi connectivity index (χ3n) is 4.02. The van der Waals surface area contributed by atoms with Crippen molar-refractivity contribution in [2.75, 3.05) is 45.6 Å². The zero-order chi connectivity index (χ0) is 18.7. The lowest BCUT2D eigenvalue weighted by atomic mass is 10.2. The van der Waals surface area contributed by atoms with Gasteiger partial charge in [0, 0.05) is 25.1 Å². The van der Waals surface area contributed by atoms with Crippen LogP contribution in [0, 0.1) is 0 Å². The quantitative estimate of drug-likeness (QED) is 0.438. The molecular weight excluding hydrogens is 342 g/mol. The summed E-state index contributed by atoms with van der Waals surface area (Å²) in [7, 11) is -1.86. The first kappa shape index (κ1) is 21.4. The van der Waals surface area contributed by atoms with E-state index < -0.39 is 10.0 Å². The maximum absolute atomic E-state index is 12.0. The van der Waals surface area contributed by atoms with Crippen molar-refractivity contribution in [3.63, 3.8) is 0 Å². The molecule has 0 fully saturated rings. The summed E-state index contributed by atoms with van der Waals surface area (Å²) in [5.74, 6) is 0.123. The summed E-state index contributed by atoms with van der Waals surface area (Å²) in [6.45, 7) is 7.76. The third kappa shape index (κ3) is 8.33. The Morgan fingerprint density at radius 1 is 1.20 bits per heavy atom. The highest BCUT2D eigenvalue weighted by Crippen LogP contribution is 2.12. The minimum Gasteiger partial charge on any atom is -0.497 e. The fourth-order valence-corrected chi connectivity index (χ4v) is 3.38. The van der Waals surface area contributed by atoms with Crippen LogP contribution in [0.1, 0.15) is 30.6 Å². The molecule has 1 amide bonds. The highest BCUT2D eigenvalue weighted by atomic mass is 32.2. The molecule has 0 aliphatic carbocycles. The third-order valence-corrected chi connectivity index (χ3v) is 5.40. The molecule has 0 aliphatic rings. The number of quaternary nitrogens is 1. The molecule has 1 aromatic carbocycles. The van der Waals surface area contributed by atoms with E-state index in [0.29, 0.717) is 17.9 Å². The van der Waals surface area contributed by atoms with Gasteiger partial charge in [-0.25, -0.2) is 13.1 Å². The molecule has 3 N–H and O–H groups in total. The number of methoxy groups -OCH3 is 1. The minimum absolute atomic E-state index is 0.0622. The highest BCUT2D eigenvalue weighted by Gasteiger charge is 2.12. The van der Waals surface area contributed by atoms with Gasteiger partial charge >= 0.3 is 0 Å². The van der Waals surface area contributed by atoms with Crippen LogP contribution in [0.4, 0.5) is 0 Å². The van der Waals surface area contributed by atoms with Crippen LogP contribution in [0.2, 0.25) is 0 Å². The van der Waals surface area contributed by atoms with E-state index in [0.717, 1.165) is 26.1 Å². The van der Waals surface area contributed by atoms with Crippen LogP contribution in [0.5, 0.6) is 5.75 Å². The molecule has 1 aromatic rings. The summed E-state index contributed by atoms with van der Waals surface area (Å²) in [6, 6.07) is 6.72. The zero-order valence-electron chi connectivity index (χ0n) is 15.3. The number of hydrogen-bond donors (Lipinski definition) is 3. The number of ether oxygens (including phenoxy) is 1. The van der Waals surface area contributed by atoms with E-state index in [1.807, 2.05) is 0 Å². The van der Waals surface area contributed by atoms with Crippen LogP contribution in [-0.4, -0.2) is 59.9 Å². The summed E-state index contributed by atoms with van der Waals surface area (Å²) < 4.78 is 31.5. The van der Waals surface area contributed by atoms with E-state index in [1.165, 1.54) is 12.0 Å². The standard InChI is InChI=1S/C17H29N3O4S/c1-4-20(5-2)12-7-10-19-25(22,23)13-11-18-17(21)15-8-6-9-16(14-15)24-3/h6,8-9,14,19H,4-5,7,10-13H2,1-3H3,(H,18,21)/p+1. The van der Waals surface area contributed by atoms with Crippen molar-refractivity contribution in [2.24, 2.45) is 0 Å². The molecule has 0 heterocycles. The lowest BCUT2D eigenvalue weighted by Gasteiger charge is -2.15. The molecule has 142 valence electrons. The molecule has 0 aliphatic heterocycles. The largest absolute Gasteiger partial charge is 0.497 e. The Bertz CT molecular complexity index is 631. The van der Waals surface area contributed by atoms with Crippen molar-refractivity contribution in [2.45, 2.75) is 20.3 Å². The average molecular weight is 373 g/mol. The summed E-state index contributed by atoms with van der Waals surface area (Å²) in [5, 5.41) is 2.62. The van der Waals surface area contributed by atoms with E-state index >= 15 is 0 Å². The number of sulfonamides is 1. The van der Waals surface area contributed by atoms with E-state index in [-0.39, 0.29) is 18.2 Å². The maximum Gasteiger partial charge on any atom is 0.251 e. The van der Waals surface area contributed by atoms with Gasteiger partial charge in [0.15, 0.2) is 0 Å². The Morgan fingerprint density at radius 2 is 1.92 bits per heavy atom. The monoisotopic (exact) mass is 372 g/mol. The van der Waals surface area contributed by atoms with Gasteiger partial charge in [0.05, 0.1) is 32.5 Å². The topological polar surface area (TPSA) is 88.9 Å². The molecule has 0 unspecified atom stereocenters. The Hall–Kier alpha value is -1.64. The highest BCUT2D eigenvalue weighted by molar-refractivity contribution is 7.89. The predicted octanol–water partition coefficient (Wildman–Crippen LogP) is -0.341. The van der Waals surface area contributed by atoms with Crippen molar-refractivity contribution in [1.29, 1.82) is 0 Å². The summed E-state index contributed by atoms with van der Waals surface area (Å²) >= 11 is 0. The van der Waals surface area contributed by atoms with Crippen molar-refractivity contribution in [3.8, 4) is 5.75 Å². The number of nitrogens with one attached hydrogen (secondary N) is 3. The van der Waals surface area contributed by atoms with Crippen LogP contribution < -0.4 is 19.7 Å². The molecule has 25 heavy (non-hydrogen) atoms. The summed E-state index contributed by atoms with van der Waals surface area (Å²) in [4.78, 5) is 13.5. The van der Waals surface area contributed by atoms with Gasteiger partial charge in [-0.3, -0.25) is 4.79 Å². The second kappa shape index (κ2) is 11.1. The molecule has 0 spiro atoms. The summed E-state index contributed by atoms with van der Waals surface area (Å²) in [5.41, 5.74) is 0.437. The first-order chi connectivity index (χ1) is 11.9. The SMILES string of the molecule is CC[NH+](CC)CCCNS(=O)(=O)CCNC(=O)c1cccc(OC)c1. The van der Waals surface area contributed by atoms with E-state index in [1.54, 1.807) is 24.3 Å². The summed E-state index contributed by atoms with van der Waals surface area (Å²) in [6.07, 6.45) is 0.798. The van der Waals surface area contributed by atoms with Crippen molar-refractivity contribution in [3.05, 3.63) is 29.8 Å². The first-order valence-corrected chi connectivity index (χ1v) is 10.3. The number of carbonyl (C=O) groups is 1. The van der Waals surface area contributed by atoms with Gasteiger partial charge in [-0.2, -0.15) is 0 Å². The Labute approximate surface area is 150 Å². The Morgan fingerprint density at radius 3 is 2.56 bits per heavy atom. The van der Waals surface area contributed by atoms with Gasteiger partial charge in [0.1, 0.15) is 5.75 Å². The molecule has 0 atom stereocenters. The molecule has 1 rings (SSSR count). The van der Waals surface area contributed by atoms with E-state index in [4.69, 9.17) is 4.74 Å². The number of rotatable bonds is 12. The molecular formula is C17H30N3O4S+. The Kier molecular flexibility index (Phi) is 9.48. The van der Waals surface area contributed by atoms with Crippen LogP contribution in [0.15, 0.2) is 24.3 Å². The van der Waals surface area contributed by atoms with E-state index in [9.17, 15) is 13.2 Å². The smallest absolute Gasteiger partial charge is 0.251 e. The number of amides is 1. The molecule has 0 bridgehead atoms. The fourth-order valence-electron chi connectivity index (χ4n) is 2.41. The molecule has 0 saturated heterocycles. The molecule has 7 nitrogen and oxygen atoms in total.